The topological polar surface area (TPSA) is 127 Å². The first-order chi connectivity index (χ1) is 10.3. The molecule has 1 atom stereocenters. The maximum absolute atomic E-state index is 12.2. The predicted molar refractivity (Wildman–Crippen MR) is 74.6 cm³/mol. The van der Waals surface area contributed by atoms with Crippen LogP contribution in [0, 0.1) is 16.0 Å². The highest BCUT2D eigenvalue weighted by molar-refractivity contribution is 7.84. The number of piperidine rings is 1. The smallest absolute Gasteiger partial charge is 0.385 e. The Morgan fingerprint density at radius 3 is 2.73 bits per heavy atom. The Bertz CT molecular complexity index is 688. The van der Waals surface area contributed by atoms with Crippen molar-refractivity contribution in [1.29, 1.82) is 0 Å². The van der Waals surface area contributed by atoms with E-state index in [-0.39, 0.29) is 13.1 Å². The zero-order valence-corrected chi connectivity index (χ0v) is 12.2. The van der Waals surface area contributed by atoms with Crippen LogP contribution in [-0.2, 0) is 15.1 Å². The zero-order valence-electron chi connectivity index (χ0n) is 11.4. The second kappa shape index (κ2) is 6.28. The van der Waals surface area contributed by atoms with Gasteiger partial charge in [-0.05, 0) is 18.9 Å². The van der Waals surface area contributed by atoms with Crippen molar-refractivity contribution in [1.82, 2.24) is 4.31 Å². The molecule has 1 aromatic carbocycles. The number of carboxylic acids is 1. The molecule has 2 rings (SSSR count). The molecule has 120 valence electrons. The van der Waals surface area contributed by atoms with E-state index in [4.69, 9.17) is 9.29 Å². The molecule has 1 saturated heterocycles. The van der Waals surface area contributed by atoms with Gasteiger partial charge in [-0.2, -0.15) is 12.7 Å². The van der Waals surface area contributed by atoms with E-state index in [0.29, 0.717) is 12.8 Å². The lowest BCUT2D eigenvalue weighted by Crippen LogP contribution is -2.44. The van der Waals surface area contributed by atoms with Crippen LogP contribution in [0.5, 0.6) is 5.75 Å². The average molecular weight is 330 g/mol. The van der Waals surface area contributed by atoms with Crippen molar-refractivity contribution >= 4 is 22.0 Å². The summed E-state index contributed by atoms with van der Waals surface area (Å²) in [7, 11) is -4.29. The molecule has 0 spiro atoms. The second-order valence-corrected chi connectivity index (χ2v) is 6.34. The molecule has 1 aromatic rings. The highest BCUT2D eigenvalue weighted by Gasteiger charge is 2.34. The normalized spacial score (nSPS) is 19.5. The summed E-state index contributed by atoms with van der Waals surface area (Å²) in [5.74, 6) is -2.28. The summed E-state index contributed by atoms with van der Waals surface area (Å²) in [6.07, 6.45) is 0.767. The van der Waals surface area contributed by atoms with Crippen LogP contribution in [0.2, 0.25) is 0 Å². The molecule has 0 aliphatic carbocycles. The number of nitrogens with zero attached hydrogens (tertiary/aromatic N) is 2. The number of carbonyl (C=O) groups is 1. The number of aliphatic carboxylic acids is 1. The Kier molecular flexibility index (Phi) is 4.62. The molecule has 0 saturated carbocycles. The Balaban J connectivity index is 2.21. The van der Waals surface area contributed by atoms with Gasteiger partial charge in [-0.1, -0.05) is 12.1 Å². The number of hydrogen-bond donors (Lipinski definition) is 1. The van der Waals surface area contributed by atoms with Crippen molar-refractivity contribution in [2.45, 2.75) is 12.8 Å². The summed E-state index contributed by atoms with van der Waals surface area (Å²) >= 11 is 0. The van der Waals surface area contributed by atoms with Gasteiger partial charge in [0.2, 0.25) is 5.75 Å². The summed E-state index contributed by atoms with van der Waals surface area (Å²) in [6, 6.07) is 5.10. The predicted octanol–water partition coefficient (Wildman–Crippen LogP) is 1.01. The molecule has 22 heavy (non-hydrogen) atoms. The number of nitro benzene ring substituents is 1. The molecule has 1 fully saturated rings. The molecule has 0 aromatic heterocycles. The summed E-state index contributed by atoms with van der Waals surface area (Å²) in [4.78, 5) is 21.1. The van der Waals surface area contributed by atoms with E-state index in [0.717, 1.165) is 10.4 Å². The molecule has 10 heteroatoms. The molecule has 1 aliphatic heterocycles. The third-order valence-electron chi connectivity index (χ3n) is 3.31. The number of hydrogen-bond acceptors (Lipinski definition) is 6. The van der Waals surface area contributed by atoms with Gasteiger partial charge in [-0.3, -0.25) is 14.9 Å². The monoisotopic (exact) mass is 330 g/mol. The van der Waals surface area contributed by atoms with Gasteiger partial charge in [-0.25, -0.2) is 0 Å². The van der Waals surface area contributed by atoms with Crippen molar-refractivity contribution in [2.24, 2.45) is 5.92 Å². The Morgan fingerprint density at radius 2 is 2.09 bits per heavy atom. The van der Waals surface area contributed by atoms with Crippen LogP contribution in [0.4, 0.5) is 5.69 Å². The van der Waals surface area contributed by atoms with E-state index < -0.39 is 38.6 Å². The molecule has 9 nitrogen and oxygen atoms in total. The van der Waals surface area contributed by atoms with Gasteiger partial charge in [0.25, 0.3) is 0 Å². The molecule has 0 radical (unpaired) electrons. The van der Waals surface area contributed by atoms with Crippen LogP contribution < -0.4 is 4.18 Å². The molecule has 0 amide bonds. The molecule has 1 N–H and O–H groups in total. The lowest BCUT2D eigenvalue weighted by Gasteiger charge is -2.28. The van der Waals surface area contributed by atoms with Crippen LogP contribution in [0.25, 0.3) is 0 Å². The van der Waals surface area contributed by atoms with Crippen molar-refractivity contribution < 1.29 is 27.4 Å². The van der Waals surface area contributed by atoms with Crippen LogP contribution in [-0.4, -0.2) is 41.8 Å². The summed E-state index contributed by atoms with van der Waals surface area (Å²) in [6.45, 7) is -0.0922. The third kappa shape index (κ3) is 3.52. The van der Waals surface area contributed by atoms with E-state index in [1.807, 2.05) is 0 Å². The zero-order chi connectivity index (χ0) is 16.3. The number of rotatable bonds is 5. The van der Waals surface area contributed by atoms with Gasteiger partial charge in [0.05, 0.1) is 10.8 Å². The van der Waals surface area contributed by atoms with Gasteiger partial charge in [0, 0.05) is 19.2 Å². The van der Waals surface area contributed by atoms with Crippen LogP contribution in [0.1, 0.15) is 12.8 Å². The van der Waals surface area contributed by atoms with Crippen molar-refractivity contribution in [3.63, 3.8) is 0 Å². The molecule has 1 heterocycles. The fourth-order valence-electron chi connectivity index (χ4n) is 2.19. The standard InChI is InChI=1S/C12H14N2O7S/c15-12(16)9-4-3-7-13(8-9)22(19,20)21-11-6-2-1-5-10(11)14(17)18/h1-2,5-6,9H,3-4,7-8H2,(H,15,16). The number of benzene rings is 1. The first-order valence-electron chi connectivity index (χ1n) is 6.47. The Morgan fingerprint density at radius 1 is 1.41 bits per heavy atom. The van der Waals surface area contributed by atoms with Gasteiger partial charge >= 0.3 is 22.0 Å². The van der Waals surface area contributed by atoms with Crippen LogP contribution in [0.3, 0.4) is 0 Å². The summed E-state index contributed by atoms with van der Waals surface area (Å²) in [5.41, 5.74) is -0.474. The molecule has 1 aliphatic rings. The third-order valence-corrected chi connectivity index (χ3v) is 4.66. The highest BCUT2D eigenvalue weighted by atomic mass is 32.2. The Labute approximate surface area is 126 Å². The summed E-state index contributed by atoms with van der Waals surface area (Å²) < 4.78 is 30.1. The molecular weight excluding hydrogens is 316 g/mol. The van der Waals surface area contributed by atoms with Gasteiger partial charge in [0.15, 0.2) is 0 Å². The first kappa shape index (κ1) is 16.2. The van der Waals surface area contributed by atoms with Crippen molar-refractivity contribution in [3.8, 4) is 5.75 Å². The van der Waals surface area contributed by atoms with Crippen LogP contribution >= 0.6 is 0 Å². The minimum Gasteiger partial charge on any atom is -0.481 e. The fraction of sp³-hybridized carbons (Fsp3) is 0.417. The number of para-hydroxylation sites is 2. The lowest BCUT2D eigenvalue weighted by molar-refractivity contribution is -0.385. The average Bonchev–Trinajstić information content (AvgIpc) is 2.47. The molecular formula is C12H14N2O7S. The van der Waals surface area contributed by atoms with Crippen LogP contribution in [0.15, 0.2) is 24.3 Å². The SMILES string of the molecule is O=C(O)C1CCCN(S(=O)(=O)Oc2ccccc2[N+](=O)[O-])C1. The van der Waals surface area contributed by atoms with Crippen molar-refractivity contribution in [2.75, 3.05) is 13.1 Å². The highest BCUT2D eigenvalue weighted by Crippen LogP contribution is 2.29. The lowest BCUT2D eigenvalue weighted by atomic mass is 10.0. The van der Waals surface area contributed by atoms with Gasteiger partial charge in [0.1, 0.15) is 0 Å². The van der Waals surface area contributed by atoms with E-state index in [2.05, 4.69) is 0 Å². The van der Waals surface area contributed by atoms with Crippen molar-refractivity contribution in [3.05, 3.63) is 34.4 Å². The summed E-state index contributed by atoms with van der Waals surface area (Å²) in [5, 5.41) is 19.8. The largest absolute Gasteiger partial charge is 0.481 e. The van der Waals surface area contributed by atoms with E-state index in [1.54, 1.807) is 0 Å². The number of carboxylic acid groups (broad SMARTS) is 1. The van der Waals surface area contributed by atoms with E-state index in [1.165, 1.54) is 18.2 Å². The van der Waals surface area contributed by atoms with E-state index in [9.17, 15) is 23.3 Å². The molecule has 0 bridgehead atoms. The minimum atomic E-state index is -4.29. The molecule has 1 unspecified atom stereocenters. The maximum Gasteiger partial charge on any atom is 0.385 e. The Hall–Kier alpha value is -2.20. The van der Waals surface area contributed by atoms with Gasteiger partial charge < -0.3 is 9.29 Å². The first-order valence-corrected chi connectivity index (χ1v) is 7.83. The van der Waals surface area contributed by atoms with Gasteiger partial charge in [-0.15, -0.1) is 0 Å². The minimum absolute atomic E-state index is 0.118. The fourth-order valence-corrected chi connectivity index (χ4v) is 3.38. The number of nitro groups is 1. The van der Waals surface area contributed by atoms with E-state index >= 15 is 0 Å². The second-order valence-electron chi connectivity index (χ2n) is 4.80. The quantitative estimate of drug-likeness (QED) is 0.630. The maximum atomic E-state index is 12.2.